The highest BCUT2D eigenvalue weighted by Crippen LogP contribution is 2.26. The topological polar surface area (TPSA) is 53.6 Å². The Morgan fingerprint density at radius 2 is 2.11 bits per heavy atom. The molecule has 0 amide bonds. The maximum atomic E-state index is 5.66. The molecule has 1 fully saturated rings. The third kappa shape index (κ3) is 2.64. The Labute approximate surface area is 109 Å². The van der Waals surface area contributed by atoms with Gasteiger partial charge in [-0.3, -0.25) is 5.43 Å². The number of aliphatic imine (C=N–C) groups is 1. The minimum Gasteiger partial charge on any atom is -0.336 e. The van der Waals surface area contributed by atoms with E-state index in [1.807, 2.05) is 30.3 Å². The molecule has 2 unspecified atom stereocenters. The first kappa shape index (κ1) is 12.9. The lowest BCUT2D eigenvalue weighted by atomic mass is 10.2. The molecule has 0 aromatic heterocycles. The number of nitrogens with zero attached hydrogens (tertiary/aromatic N) is 2. The van der Waals surface area contributed by atoms with E-state index in [2.05, 4.69) is 29.2 Å². The van der Waals surface area contributed by atoms with Crippen molar-refractivity contribution < 1.29 is 0 Å². The third-order valence-electron chi connectivity index (χ3n) is 3.62. The molecular weight excluding hydrogens is 224 g/mol. The van der Waals surface area contributed by atoms with Crippen LogP contribution in [-0.2, 0) is 0 Å². The lowest BCUT2D eigenvalue weighted by Crippen LogP contribution is -2.49. The zero-order chi connectivity index (χ0) is 13.0. The number of likely N-dealkylation sites (tertiary alicyclic amines) is 1. The van der Waals surface area contributed by atoms with Gasteiger partial charge in [-0.1, -0.05) is 25.1 Å². The van der Waals surface area contributed by atoms with E-state index >= 15 is 0 Å². The number of hydrogen-bond donors (Lipinski definition) is 2. The molecule has 1 aromatic carbocycles. The zero-order valence-electron chi connectivity index (χ0n) is 11.1. The summed E-state index contributed by atoms with van der Waals surface area (Å²) < 4.78 is 0. The van der Waals surface area contributed by atoms with Crippen molar-refractivity contribution in [1.82, 2.24) is 10.3 Å². The van der Waals surface area contributed by atoms with Gasteiger partial charge in [-0.15, -0.1) is 0 Å². The predicted octanol–water partition coefficient (Wildman–Crippen LogP) is 2.40. The van der Waals surface area contributed by atoms with Crippen molar-refractivity contribution in [3.63, 3.8) is 0 Å². The third-order valence-corrected chi connectivity index (χ3v) is 3.62. The molecule has 0 bridgehead atoms. The SMILES string of the molecule is CCC1CCC(C)N1C(=Nc1ccccc1)NN. The Morgan fingerprint density at radius 1 is 1.39 bits per heavy atom. The number of hydrogen-bond acceptors (Lipinski definition) is 2. The van der Waals surface area contributed by atoms with Gasteiger partial charge in [-0.2, -0.15) is 0 Å². The van der Waals surface area contributed by atoms with E-state index in [4.69, 9.17) is 5.84 Å². The van der Waals surface area contributed by atoms with Gasteiger partial charge in [0.05, 0.1) is 5.69 Å². The van der Waals surface area contributed by atoms with E-state index in [0.29, 0.717) is 12.1 Å². The van der Waals surface area contributed by atoms with Crippen LogP contribution in [0, 0.1) is 0 Å². The van der Waals surface area contributed by atoms with Crippen LogP contribution < -0.4 is 11.3 Å². The highest BCUT2D eigenvalue weighted by Gasteiger charge is 2.31. The van der Waals surface area contributed by atoms with Gasteiger partial charge in [0.25, 0.3) is 0 Å². The number of nitrogens with one attached hydrogen (secondary N) is 1. The summed E-state index contributed by atoms with van der Waals surface area (Å²) >= 11 is 0. The van der Waals surface area contributed by atoms with Crippen LogP contribution in [0.15, 0.2) is 35.3 Å². The summed E-state index contributed by atoms with van der Waals surface area (Å²) in [5.41, 5.74) is 3.69. The molecule has 0 radical (unpaired) electrons. The molecule has 2 rings (SSSR count). The van der Waals surface area contributed by atoms with Crippen LogP contribution in [-0.4, -0.2) is 22.9 Å². The van der Waals surface area contributed by atoms with E-state index < -0.39 is 0 Å². The van der Waals surface area contributed by atoms with E-state index in [0.717, 1.165) is 18.1 Å². The molecule has 2 atom stereocenters. The number of nitrogens with two attached hydrogens (primary N) is 1. The van der Waals surface area contributed by atoms with Gasteiger partial charge in [0.15, 0.2) is 0 Å². The van der Waals surface area contributed by atoms with Gasteiger partial charge >= 0.3 is 0 Å². The zero-order valence-corrected chi connectivity index (χ0v) is 11.1. The van der Waals surface area contributed by atoms with Crippen LogP contribution in [0.25, 0.3) is 0 Å². The maximum Gasteiger partial charge on any atom is 0.214 e. The number of guanidine groups is 1. The lowest BCUT2D eigenvalue weighted by molar-refractivity contribution is 0.310. The fourth-order valence-electron chi connectivity index (χ4n) is 2.64. The van der Waals surface area contributed by atoms with Crippen molar-refractivity contribution in [2.24, 2.45) is 10.8 Å². The summed E-state index contributed by atoms with van der Waals surface area (Å²) in [6, 6.07) is 11.0. The van der Waals surface area contributed by atoms with Crippen LogP contribution in [0.2, 0.25) is 0 Å². The molecule has 1 heterocycles. The van der Waals surface area contributed by atoms with E-state index in [-0.39, 0.29) is 0 Å². The second-order valence-corrected chi connectivity index (χ2v) is 4.81. The maximum absolute atomic E-state index is 5.66. The van der Waals surface area contributed by atoms with Crippen molar-refractivity contribution in [2.75, 3.05) is 0 Å². The first-order valence-electron chi connectivity index (χ1n) is 6.65. The molecule has 0 aliphatic carbocycles. The highest BCUT2D eigenvalue weighted by atomic mass is 15.4. The monoisotopic (exact) mass is 246 g/mol. The predicted molar refractivity (Wildman–Crippen MR) is 75.5 cm³/mol. The fourth-order valence-corrected chi connectivity index (χ4v) is 2.64. The molecule has 0 saturated carbocycles. The molecule has 1 saturated heterocycles. The molecule has 1 aliphatic heterocycles. The van der Waals surface area contributed by atoms with Crippen LogP contribution in [0.1, 0.15) is 33.1 Å². The Balaban J connectivity index is 2.25. The van der Waals surface area contributed by atoms with Crippen LogP contribution in [0.5, 0.6) is 0 Å². The standard InChI is InChI=1S/C14H22N4/c1-3-13-10-9-11(2)18(13)14(17-15)16-12-7-5-4-6-8-12/h4-8,11,13H,3,9-10,15H2,1-2H3,(H,16,17). The van der Waals surface area contributed by atoms with Gasteiger partial charge < -0.3 is 4.90 Å². The van der Waals surface area contributed by atoms with Crippen molar-refractivity contribution >= 4 is 11.6 Å². The normalized spacial score (nSPS) is 24.4. The first-order chi connectivity index (χ1) is 8.76. The Morgan fingerprint density at radius 3 is 2.72 bits per heavy atom. The van der Waals surface area contributed by atoms with E-state index in [9.17, 15) is 0 Å². The largest absolute Gasteiger partial charge is 0.336 e. The summed E-state index contributed by atoms with van der Waals surface area (Å²) in [6.07, 6.45) is 3.54. The van der Waals surface area contributed by atoms with Crippen molar-refractivity contribution in [1.29, 1.82) is 0 Å². The number of para-hydroxylation sites is 1. The van der Waals surface area contributed by atoms with Crippen LogP contribution in [0.4, 0.5) is 5.69 Å². The molecule has 3 N–H and O–H groups in total. The quantitative estimate of drug-likeness (QED) is 0.365. The minimum atomic E-state index is 0.494. The van der Waals surface area contributed by atoms with Crippen LogP contribution >= 0.6 is 0 Å². The smallest absolute Gasteiger partial charge is 0.214 e. The molecule has 4 heteroatoms. The van der Waals surface area contributed by atoms with Gasteiger partial charge in [0.2, 0.25) is 5.96 Å². The minimum absolute atomic E-state index is 0.494. The fraction of sp³-hybridized carbons (Fsp3) is 0.500. The van der Waals surface area contributed by atoms with E-state index in [1.54, 1.807) is 0 Å². The highest BCUT2D eigenvalue weighted by molar-refractivity contribution is 5.83. The van der Waals surface area contributed by atoms with Crippen molar-refractivity contribution in [3.8, 4) is 0 Å². The second kappa shape index (κ2) is 5.87. The summed E-state index contributed by atoms with van der Waals surface area (Å²) in [6.45, 7) is 4.44. The Hall–Kier alpha value is -1.55. The summed E-state index contributed by atoms with van der Waals surface area (Å²) in [4.78, 5) is 6.93. The van der Waals surface area contributed by atoms with Gasteiger partial charge in [-0.25, -0.2) is 10.8 Å². The average molecular weight is 246 g/mol. The summed E-state index contributed by atoms with van der Waals surface area (Å²) in [7, 11) is 0. The van der Waals surface area contributed by atoms with Crippen molar-refractivity contribution in [3.05, 3.63) is 30.3 Å². The van der Waals surface area contributed by atoms with Crippen LogP contribution in [0.3, 0.4) is 0 Å². The second-order valence-electron chi connectivity index (χ2n) is 4.81. The summed E-state index contributed by atoms with van der Waals surface area (Å²) in [5.74, 6) is 6.43. The molecular formula is C14H22N4. The lowest BCUT2D eigenvalue weighted by Gasteiger charge is -2.30. The van der Waals surface area contributed by atoms with Gasteiger partial charge in [0.1, 0.15) is 0 Å². The average Bonchev–Trinajstić information content (AvgIpc) is 2.78. The number of benzene rings is 1. The van der Waals surface area contributed by atoms with Crippen molar-refractivity contribution in [2.45, 2.75) is 45.2 Å². The summed E-state index contributed by atoms with van der Waals surface area (Å²) in [5, 5.41) is 0. The molecule has 1 aliphatic rings. The Bertz CT molecular complexity index is 402. The molecule has 18 heavy (non-hydrogen) atoms. The molecule has 4 nitrogen and oxygen atoms in total. The van der Waals surface area contributed by atoms with E-state index in [1.165, 1.54) is 12.8 Å². The molecule has 1 aromatic rings. The first-order valence-corrected chi connectivity index (χ1v) is 6.65. The number of rotatable bonds is 2. The van der Waals surface area contributed by atoms with Gasteiger partial charge in [-0.05, 0) is 38.3 Å². The molecule has 0 spiro atoms. The van der Waals surface area contributed by atoms with Gasteiger partial charge in [0, 0.05) is 12.1 Å². The molecule has 98 valence electrons. The number of hydrazine groups is 1. The Kier molecular flexibility index (Phi) is 4.20.